The molecule has 1 saturated heterocycles. The Balaban J connectivity index is 1.56. The first-order chi connectivity index (χ1) is 14.7. The van der Waals surface area contributed by atoms with Crippen molar-refractivity contribution in [2.45, 2.75) is 24.1 Å². The normalized spacial score (nSPS) is 21.0. The average Bonchev–Trinajstić information content (AvgIpc) is 3.23. The monoisotopic (exact) mass is 404 g/mol. The van der Waals surface area contributed by atoms with Crippen molar-refractivity contribution in [3.63, 3.8) is 0 Å². The number of ether oxygens (including phenoxy) is 1. The van der Waals surface area contributed by atoms with Crippen molar-refractivity contribution in [2.75, 3.05) is 13.7 Å². The molecule has 0 unspecified atom stereocenters. The van der Waals surface area contributed by atoms with Gasteiger partial charge in [0.15, 0.2) is 0 Å². The minimum absolute atomic E-state index is 0.0294. The number of hydrogen-bond donors (Lipinski definition) is 2. The maximum absolute atomic E-state index is 13.3. The fraction of sp³-hybridized carbons (Fsp3) is 0.240. The maximum Gasteiger partial charge on any atom is 0.240 e. The molecule has 0 bridgehead atoms. The molecule has 1 aliphatic heterocycles. The van der Waals surface area contributed by atoms with Gasteiger partial charge in [0, 0.05) is 19.6 Å². The SMILES string of the molecule is CO[C@H]1[C@@H](C(=O)NC(c2ccccc2)c2ccccc2)NC[C@@H]1c1ccc(F)cc1. The van der Waals surface area contributed by atoms with Gasteiger partial charge in [0.05, 0.1) is 12.1 Å². The van der Waals surface area contributed by atoms with E-state index in [9.17, 15) is 9.18 Å². The second-order valence-corrected chi connectivity index (χ2v) is 7.51. The summed E-state index contributed by atoms with van der Waals surface area (Å²) in [5.74, 6) is -0.427. The number of nitrogens with one attached hydrogen (secondary N) is 2. The summed E-state index contributed by atoms with van der Waals surface area (Å²) in [5, 5.41) is 6.49. The second-order valence-electron chi connectivity index (χ2n) is 7.51. The van der Waals surface area contributed by atoms with Crippen LogP contribution in [0.1, 0.15) is 28.7 Å². The Morgan fingerprint density at radius 1 is 0.967 bits per heavy atom. The van der Waals surface area contributed by atoms with Gasteiger partial charge in [-0.2, -0.15) is 0 Å². The Morgan fingerprint density at radius 3 is 2.07 bits per heavy atom. The Morgan fingerprint density at radius 2 is 1.53 bits per heavy atom. The van der Waals surface area contributed by atoms with E-state index in [4.69, 9.17) is 4.74 Å². The van der Waals surface area contributed by atoms with Gasteiger partial charge in [0.2, 0.25) is 5.91 Å². The average molecular weight is 404 g/mol. The van der Waals surface area contributed by atoms with E-state index in [1.165, 1.54) is 12.1 Å². The molecule has 1 fully saturated rings. The summed E-state index contributed by atoms with van der Waals surface area (Å²) in [5.41, 5.74) is 2.98. The molecule has 0 radical (unpaired) electrons. The Bertz CT molecular complexity index is 924. The molecular weight excluding hydrogens is 379 g/mol. The third-order valence-electron chi connectivity index (χ3n) is 5.69. The van der Waals surface area contributed by atoms with Gasteiger partial charge >= 0.3 is 0 Å². The Kier molecular flexibility index (Phi) is 6.21. The van der Waals surface area contributed by atoms with Crippen LogP contribution in [0.4, 0.5) is 4.39 Å². The minimum Gasteiger partial charge on any atom is -0.379 e. The number of amides is 1. The van der Waals surface area contributed by atoms with E-state index < -0.39 is 6.04 Å². The predicted octanol–water partition coefficient (Wildman–Crippen LogP) is 3.80. The van der Waals surface area contributed by atoms with Gasteiger partial charge in [-0.3, -0.25) is 4.79 Å². The van der Waals surface area contributed by atoms with Crippen LogP contribution in [0.5, 0.6) is 0 Å². The molecule has 3 aromatic carbocycles. The third kappa shape index (κ3) is 4.27. The lowest BCUT2D eigenvalue weighted by molar-refractivity contribution is -0.126. The molecular formula is C25H25FN2O2. The molecule has 0 aliphatic carbocycles. The van der Waals surface area contributed by atoms with E-state index in [1.54, 1.807) is 19.2 Å². The van der Waals surface area contributed by atoms with Crippen molar-refractivity contribution in [3.8, 4) is 0 Å². The van der Waals surface area contributed by atoms with Crippen molar-refractivity contribution in [3.05, 3.63) is 107 Å². The van der Waals surface area contributed by atoms with Crippen molar-refractivity contribution in [2.24, 2.45) is 0 Å². The number of hydrogen-bond acceptors (Lipinski definition) is 3. The Labute approximate surface area is 176 Å². The molecule has 1 amide bonds. The molecule has 3 atom stereocenters. The number of carbonyl (C=O) groups excluding carboxylic acids is 1. The number of methoxy groups -OCH3 is 1. The van der Waals surface area contributed by atoms with Crippen LogP contribution in [0.3, 0.4) is 0 Å². The van der Waals surface area contributed by atoms with E-state index in [0.717, 1.165) is 16.7 Å². The number of halogens is 1. The fourth-order valence-corrected chi connectivity index (χ4v) is 4.16. The molecule has 4 rings (SSSR count). The highest BCUT2D eigenvalue weighted by Crippen LogP contribution is 2.30. The summed E-state index contributed by atoms with van der Waals surface area (Å²) in [6, 6.07) is 25.4. The van der Waals surface area contributed by atoms with Crippen molar-refractivity contribution in [1.29, 1.82) is 0 Å². The van der Waals surface area contributed by atoms with E-state index in [1.807, 2.05) is 60.7 Å². The van der Waals surface area contributed by atoms with Crippen LogP contribution in [-0.4, -0.2) is 31.7 Å². The summed E-state index contributed by atoms with van der Waals surface area (Å²) >= 11 is 0. The molecule has 154 valence electrons. The van der Waals surface area contributed by atoms with Crippen molar-refractivity contribution in [1.82, 2.24) is 10.6 Å². The van der Waals surface area contributed by atoms with Gasteiger partial charge in [-0.15, -0.1) is 0 Å². The zero-order valence-corrected chi connectivity index (χ0v) is 16.8. The molecule has 4 nitrogen and oxygen atoms in total. The lowest BCUT2D eigenvalue weighted by Crippen LogP contribution is -2.48. The van der Waals surface area contributed by atoms with Crippen LogP contribution in [0, 0.1) is 5.82 Å². The summed E-state index contributed by atoms with van der Waals surface area (Å²) in [4.78, 5) is 13.3. The summed E-state index contributed by atoms with van der Waals surface area (Å²) in [6.07, 6.45) is -0.345. The standard InChI is InChI=1S/C25H25FN2O2/c1-30-24-21(17-12-14-20(26)15-13-17)16-27-23(24)25(29)28-22(18-8-4-2-5-9-18)19-10-6-3-7-11-19/h2-15,21-24,27H,16H2,1H3,(H,28,29)/t21-,23+,24-/m1/s1. The van der Waals surface area contributed by atoms with Gasteiger partial charge in [0.25, 0.3) is 0 Å². The molecule has 0 aromatic heterocycles. The molecule has 0 saturated carbocycles. The molecule has 3 aromatic rings. The highest BCUT2D eigenvalue weighted by molar-refractivity contribution is 5.84. The lowest BCUT2D eigenvalue weighted by Gasteiger charge is -2.26. The molecule has 2 N–H and O–H groups in total. The zero-order chi connectivity index (χ0) is 20.9. The van der Waals surface area contributed by atoms with Crippen LogP contribution in [0.2, 0.25) is 0 Å². The van der Waals surface area contributed by atoms with Gasteiger partial charge in [-0.1, -0.05) is 72.8 Å². The number of benzene rings is 3. The minimum atomic E-state index is -0.500. The van der Waals surface area contributed by atoms with Crippen LogP contribution >= 0.6 is 0 Å². The highest BCUT2D eigenvalue weighted by Gasteiger charge is 2.41. The predicted molar refractivity (Wildman–Crippen MR) is 115 cm³/mol. The van der Waals surface area contributed by atoms with Crippen LogP contribution in [-0.2, 0) is 9.53 Å². The zero-order valence-electron chi connectivity index (χ0n) is 16.8. The number of rotatable bonds is 6. The van der Waals surface area contributed by atoms with Gasteiger partial charge in [-0.05, 0) is 28.8 Å². The van der Waals surface area contributed by atoms with Crippen LogP contribution in [0.25, 0.3) is 0 Å². The molecule has 1 heterocycles. The molecule has 1 aliphatic rings. The van der Waals surface area contributed by atoms with Crippen LogP contribution < -0.4 is 10.6 Å². The first-order valence-electron chi connectivity index (χ1n) is 10.1. The number of carbonyl (C=O) groups is 1. The molecule has 5 heteroatoms. The first-order valence-corrected chi connectivity index (χ1v) is 10.1. The Hall–Kier alpha value is -3.02. The summed E-state index contributed by atoms with van der Waals surface area (Å²) in [6.45, 7) is 0.587. The second kappa shape index (κ2) is 9.20. The molecule has 0 spiro atoms. The topological polar surface area (TPSA) is 50.4 Å². The molecule has 30 heavy (non-hydrogen) atoms. The van der Waals surface area contributed by atoms with Gasteiger partial charge < -0.3 is 15.4 Å². The third-order valence-corrected chi connectivity index (χ3v) is 5.69. The van der Waals surface area contributed by atoms with E-state index in [2.05, 4.69) is 10.6 Å². The highest BCUT2D eigenvalue weighted by atomic mass is 19.1. The van der Waals surface area contributed by atoms with E-state index in [0.29, 0.717) is 6.54 Å². The van der Waals surface area contributed by atoms with E-state index in [-0.39, 0.29) is 29.8 Å². The summed E-state index contributed by atoms with van der Waals surface area (Å²) < 4.78 is 19.0. The first kappa shape index (κ1) is 20.3. The van der Waals surface area contributed by atoms with E-state index >= 15 is 0 Å². The van der Waals surface area contributed by atoms with Gasteiger partial charge in [0.1, 0.15) is 11.9 Å². The lowest BCUT2D eigenvalue weighted by atomic mass is 9.92. The fourth-order valence-electron chi connectivity index (χ4n) is 4.16. The van der Waals surface area contributed by atoms with Crippen molar-refractivity contribution >= 4 is 5.91 Å². The van der Waals surface area contributed by atoms with Crippen molar-refractivity contribution < 1.29 is 13.9 Å². The smallest absolute Gasteiger partial charge is 0.240 e. The quantitative estimate of drug-likeness (QED) is 0.657. The largest absolute Gasteiger partial charge is 0.379 e. The van der Waals surface area contributed by atoms with Crippen LogP contribution in [0.15, 0.2) is 84.9 Å². The van der Waals surface area contributed by atoms with Gasteiger partial charge in [-0.25, -0.2) is 4.39 Å². The summed E-state index contributed by atoms with van der Waals surface area (Å²) in [7, 11) is 1.61. The maximum atomic E-state index is 13.3.